The largest absolute Gasteiger partial charge is 0.384 e. The van der Waals surface area contributed by atoms with Crippen LogP contribution < -0.4 is 5.32 Å². The van der Waals surface area contributed by atoms with Crippen LogP contribution in [0.1, 0.15) is 65.8 Å². The van der Waals surface area contributed by atoms with Crippen molar-refractivity contribution in [3.63, 3.8) is 0 Å². The molecule has 1 aliphatic carbocycles. The Morgan fingerprint density at radius 1 is 1.09 bits per heavy atom. The fourth-order valence-electron chi connectivity index (χ4n) is 3.31. The summed E-state index contributed by atoms with van der Waals surface area (Å²) in [6.07, 6.45) is 7.89. The molecule has 1 aliphatic heterocycles. The molecule has 4 nitrogen and oxygen atoms in total. The first-order chi connectivity index (χ1) is 11.2. The minimum absolute atomic E-state index is 0.0109. The fourth-order valence-corrected chi connectivity index (χ4v) is 3.31. The van der Waals surface area contributed by atoms with Gasteiger partial charge in [0.15, 0.2) is 5.78 Å². The van der Waals surface area contributed by atoms with Crippen LogP contribution in [0.15, 0.2) is 18.2 Å². The Morgan fingerprint density at radius 3 is 2.61 bits per heavy atom. The molecule has 2 aliphatic rings. The molecular weight excluding hydrogens is 288 g/mol. The predicted molar refractivity (Wildman–Crippen MR) is 92.9 cm³/mol. The molecule has 0 fully saturated rings. The number of nitrogens with one attached hydrogen (secondary N) is 1. The highest BCUT2D eigenvalue weighted by atomic mass is 16.2. The molecule has 3 rings (SSSR count). The second kappa shape index (κ2) is 6.57. The van der Waals surface area contributed by atoms with E-state index in [-0.39, 0.29) is 11.7 Å². The van der Waals surface area contributed by atoms with Gasteiger partial charge in [-0.1, -0.05) is 44.9 Å². The van der Waals surface area contributed by atoms with Crippen molar-refractivity contribution in [3.05, 3.63) is 34.9 Å². The van der Waals surface area contributed by atoms with Crippen molar-refractivity contribution in [1.82, 2.24) is 4.90 Å². The summed E-state index contributed by atoms with van der Waals surface area (Å²) < 4.78 is 0. The molecular formula is C19H24N2O2. The van der Waals surface area contributed by atoms with Gasteiger partial charge in [0.05, 0.1) is 5.56 Å². The minimum atomic E-state index is -0.417. The smallest absolute Gasteiger partial charge is 0.257 e. The van der Waals surface area contributed by atoms with Gasteiger partial charge in [0.2, 0.25) is 0 Å². The second-order valence-electron chi connectivity index (χ2n) is 6.25. The van der Waals surface area contributed by atoms with Gasteiger partial charge in [-0.25, -0.2) is 0 Å². The molecule has 122 valence electrons. The zero-order valence-corrected chi connectivity index (χ0v) is 13.9. The third kappa shape index (κ3) is 2.67. The van der Waals surface area contributed by atoms with Gasteiger partial charge < -0.3 is 10.2 Å². The van der Waals surface area contributed by atoms with Crippen molar-refractivity contribution in [2.24, 2.45) is 0 Å². The van der Waals surface area contributed by atoms with E-state index in [2.05, 4.69) is 19.2 Å². The Morgan fingerprint density at radius 2 is 1.87 bits per heavy atom. The number of nitrogens with zero attached hydrogens (tertiary/aromatic N) is 1. The highest BCUT2D eigenvalue weighted by molar-refractivity contribution is 6.21. The third-order valence-corrected chi connectivity index (χ3v) is 4.62. The van der Waals surface area contributed by atoms with Gasteiger partial charge in [0.1, 0.15) is 6.04 Å². The molecule has 1 heterocycles. The Hall–Kier alpha value is -2.10. The molecule has 0 aromatic heterocycles. The first kappa shape index (κ1) is 15.8. The molecule has 1 aromatic carbocycles. The highest BCUT2D eigenvalue weighted by Crippen LogP contribution is 2.36. The number of benzene rings is 1. The number of carbonyl (C=O) groups excluding carboxylic acids is 2. The zero-order chi connectivity index (χ0) is 16.4. The quantitative estimate of drug-likeness (QED) is 0.780. The van der Waals surface area contributed by atoms with Crippen LogP contribution in [-0.4, -0.2) is 35.7 Å². The molecule has 1 atom stereocenters. The maximum atomic E-state index is 13.0. The Labute approximate surface area is 137 Å². The minimum Gasteiger partial charge on any atom is -0.384 e. The maximum absolute atomic E-state index is 13.0. The summed E-state index contributed by atoms with van der Waals surface area (Å²) in [5.74, 6) is 0.0515. The summed E-state index contributed by atoms with van der Waals surface area (Å²) in [4.78, 5) is 27.6. The number of Topliss-reactive ketones (excluding diaryl/α,β-unsaturated/α-hetero) is 1. The van der Waals surface area contributed by atoms with E-state index in [4.69, 9.17) is 0 Å². The molecule has 0 saturated carbocycles. The van der Waals surface area contributed by atoms with Gasteiger partial charge in [-0.3, -0.25) is 9.59 Å². The van der Waals surface area contributed by atoms with Gasteiger partial charge in [-0.15, -0.1) is 0 Å². The van der Waals surface area contributed by atoms with Crippen LogP contribution in [0.4, 0.5) is 5.69 Å². The predicted octanol–water partition coefficient (Wildman–Crippen LogP) is 3.73. The van der Waals surface area contributed by atoms with Crippen LogP contribution in [0.2, 0.25) is 0 Å². The van der Waals surface area contributed by atoms with Crippen molar-refractivity contribution in [2.75, 3.05) is 18.4 Å². The highest BCUT2D eigenvalue weighted by Gasteiger charge is 2.41. The number of unbranched alkanes of at least 4 members (excludes halogenated alkanes) is 2. The summed E-state index contributed by atoms with van der Waals surface area (Å²) >= 11 is 0. The maximum Gasteiger partial charge on any atom is 0.257 e. The summed E-state index contributed by atoms with van der Waals surface area (Å²) in [7, 11) is 0. The lowest BCUT2D eigenvalue weighted by Crippen LogP contribution is -2.50. The summed E-state index contributed by atoms with van der Waals surface area (Å²) in [6, 6.07) is 3.45. The summed E-state index contributed by atoms with van der Waals surface area (Å²) in [6.45, 7) is 5.68. The Kier molecular flexibility index (Phi) is 4.51. The van der Waals surface area contributed by atoms with E-state index in [0.29, 0.717) is 17.7 Å². The summed E-state index contributed by atoms with van der Waals surface area (Å²) in [5.41, 5.74) is 2.84. The SMILES string of the molecule is CCCCNc1ccc2c3c1C(=O)N(CCCC)C(C=C2)C3=O. The number of anilines is 1. The van der Waals surface area contributed by atoms with Crippen molar-refractivity contribution in [1.29, 1.82) is 0 Å². The molecule has 0 radical (unpaired) electrons. The van der Waals surface area contributed by atoms with E-state index in [1.54, 1.807) is 4.90 Å². The van der Waals surface area contributed by atoms with Crippen molar-refractivity contribution >= 4 is 23.5 Å². The van der Waals surface area contributed by atoms with Crippen LogP contribution in [-0.2, 0) is 0 Å². The average molecular weight is 312 g/mol. The molecule has 0 spiro atoms. The fraction of sp³-hybridized carbons (Fsp3) is 0.474. The number of hydrogen-bond acceptors (Lipinski definition) is 3. The normalized spacial score (nSPS) is 18.5. The number of rotatable bonds is 7. The third-order valence-electron chi connectivity index (χ3n) is 4.62. The van der Waals surface area contributed by atoms with Crippen LogP contribution in [0, 0.1) is 0 Å². The Bertz CT molecular complexity index is 664. The van der Waals surface area contributed by atoms with Gasteiger partial charge in [0, 0.05) is 24.3 Å². The van der Waals surface area contributed by atoms with Crippen molar-refractivity contribution < 1.29 is 9.59 Å². The van der Waals surface area contributed by atoms with Crippen LogP contribution in [0.5, 0.6) is 0 Å². The lowest BCUT2D eigenvalue weighted by Gasteiger charge is -2.37. The van der Waals surface area contributed by atoms with E-state index >= 15 is 0 Å². The molecule has 2 bridgehead atoms. The van der Waals surface area contributed by atoms with Gasteiger partial charge in [-0.05, 0) is 24.5 Å². The van der Waals surface area contributed by atoms with E-state index < -0.39 is 6.04 Å². The topological polar surface area (TPSA) is 49.4 Å². The first-order valence-corrected chi connectivity index (χ1v) is 8.63. The monoisotopic (exact) mass is 312 g/mol. The molecule has 1 amide bonds. The molecule has 23 heavy (non-hydrogen) atoms. The van der Waals surface area contributed by atoms with Gasteiger partial charge >= 0.3 is 0 Å². The van der Waals surface area contributed by atoms with Crippen molar-refractivity contribution in [2.45, 2.75) is 45.6 Å². The molecule has 0 saturated heterocycles. The summed E-state index contributed by atoms with van der Waals surface area (Å²) in [5, 5.41) is 3.34. The van der Waals surface area contributed by atoms with E-state index in [0.717, 1.165) is 43.5 Å². The number of hydrogen-bond donors (Lipinski definition) is 1. The lowest BCUT2D eigenvalue weighted by atomic mass is 9.83. The van der Waals surface area contributed by atoms with Crippen LogP contribution in [0.25, 0.3) is 6.08 Å². The van der Waals surface area contributed by atoms with E-state index in [1.165, 1.54) is 0 Å². The Balaban J connectivity index is 2.02. The number of fused-ring (bicyclic) bond motifs is 1. The average Bonchev–Trinajstić information content (AvgIpc) is 2.55. The zero-order valence-electron chi connectivity index (χ0n) is 13.9. The van der Waals surface area contributed by atoms with Crippen LogP contribution in [0.3, 0.4) is 0 Å². The van der Waals surface area contributed by atoms with Gasteiger partial charge in [0.25, 0.3) is 5.91 Å². The molecule has 1 N–H and O–H groups in total. The lowest BCUT2D eigenvalue weighted by molar-refractivity contribution is 0.0617. The number of ketones is 1. The second-order valence-corrected chi connectivity index (χ2v) is 6.25. The van der Waals surface area contributed by atoms with E-state index in [1.807, 2.05) is 24.3 Å². The molecule has 4 heteroatoms. The molecule has 1 unspecified atom stereocenters. The van der Waals surface area contributed by atoms with E-state index in [9.17, 15) is 9.59 Å². The number of amides is 1. The first-order valence-electron chi connectivity index (χ1n) is 8.63. The molecule has 1 aromatic rings. The van der Waals surface area contributed by atoms with Gasteiger partial charge in [-0.2, -0.15) is 0 Å². The number of carbonyl (C=O) groups is 2. The van der Waals surface area contributed by atoms with Crippen molar-refractivity contribution in [3.8, 4) is 0 Å². The van der Waals surface area contributed by atoms with Crippen LogP contribution >= 0.6 is 0 Å². The standard InChI is InChI=1S/C19H24N2O2/c1-3-5-11-20-14-9-7-13-8-10-15-18(22)16(13)17(14)19(23)21(15)12-6-4-2/h7-10,15,20H,3-6,11-12H2,1-2H3.